The zero-order chi connectivity index (χ0) is 12.3. The molecule has 0 heterocycles. The highest BCUT2D eigenvalue weighted by molar-refractivity contribution is 6.33. The lowest BCUT2D eigenvalue weighted by Gasteiger charge is -2.54. The Morgan fingerprint density at radius 3 is 2.11 bits per heavy atom. The maximum Gasteiger partial charge on any atom is 0.0635 e. The fourth-order valence-electron chi connectivity index (χ4n) is 5.24. The Bertz CT molecular complexity index is 454. The molecule has 0 saturated heterocycles. The highest BCUT2D eigenvalue weighted by atomic mass is 35.5. The van der Waals surface area contributed by atoms with Gasteiger partial charge in [-0.15, -0.1) is 0 Å². The van der Waals surface area contributed by atoms with Gasteiger partial charge in [0.15, 0.2) is 0 Å². The van der Waals surface area contributed by atoms with Crippen molar-refractivity contribution in [1.82, 2.24) is 0 Å². The van der Waals surface area contributed by atoms with Gasteiger partial charge in [0.1, 0.15) is 0 Å². The van der Waals surface area contributed by atoms with Crippen molar-refractivity contribution in [2.45, 2.75) is 38.0 Å². The summed E-state index contributed by atoms with van der Waals surface area (Å²) in [5.74, 6) is 4.67. The molecule has 4 saturated carbocycles. The van der Waals surface area contributed by atoms with E-state index in [1.165, 1.54) is 37.7 Å². The van der Waals surface area contributed by atoms with Crippen molar-refractivity contribution in [2.24, 2.45) is 23.7 Å². The predicted octanol–water partition coefficient (Wildman–Crippen LogP) is 4.46. The van der Waals surface area contributed by atoms with Crippen LogP contribution < -0.4 is 5.73 Å². The molecule has 18 heavy (non-hydrogen) atoms. The van der Waals surface area contributed by atoms with Crippen LogP contribution in [0, 0.1) is 23.7 Å². The van der Waals surface area contributed by atoms with Crippen molar-refractivity contribution in [1.29, 1.82) is 0 Å². The number of nitrogen functional groups attached to an aromatic ring is 1. The molecule has 0 aromatic heterocycles. The first-order valence-electron chi connectivity index (χ1n) is 7.25. The van der Waals surface area contributed by atoms with E-state index < -0.39 is 0 Å². The van der Waals surface area contributed by atoms with E-state index in [-0.39, 0.29) is 0 Å². The van der Waals surface area contributed by atoms with Gasteiger partial charge in [-0.3, -0.25) is 0 Å². The van der Waals surface area contributed by atoms with Crippen molar-refractivity contribution in [3.63, 3.8) is 0 Å². The molecule has 0 unspecified atom stereocenters. The second-order valence-corrected chi connectivity index (χ2v) is 7.14. The SMILES string of the molecule is Nc1cc(C2C3CC4CC(C3)CC2C4)ccc1Cl. The highest BCUT2D eigenvalue weighted by Gasteiger charge is 2.48. The number of hydrogen-bond donors (Lipinski definition) is 1. The number of anilines is 1. The second-order valence-electron chi connectivity index (χ2n) is 6.74. The van der Waals surface area contributed by atoms with Crippen molar-refractivity contribution >= 4 is 17.3 Å². The number of halogens is 1. The van der Waals surface area contributed by atoms with Crippen LogP contribution in [0.4, 0.5) is 5.69 Å². The topological polar surface area (TPSA) is 26.0 Å². The van der Waals surface area contributed by atoms with Crippen LogP contribution in [0.1, 0.15) is 43.6 Å². The van der Waals surface area contributed by atoms with Crippen LogP contribution in [-0.4, -0.2) is 0 Å². The molecule has 96 valence electrons. The van der Waals surface area contributed by atoms with Gasteiger partial charge in [-0.2, -0.15) is 0 Å². The molecule has 0 spiro atoms. The van der Waals surface area contributed by atoms with Crippen molar-refractivity contribution in [3.05, 3.63) is 28.8 Å². The minimum absolute atomic E-state index is 0.697. The third-order valence-corrected chi connectivity index (χ3v) is 5.98. The summed E-state index contributed by atoms with van der Waals surface area (Å²) in [6, 6.07) is 6.33. The fraction of sp³-hybridized carbons (Fsp3) is 0.625. The molecule has 5 rings (SSSR count). The molecule has 1 aromatic carbocycles. The first-order chi connectivity index (χ1) is 8.70. The normalized spacial score (nSPS) is 41.3. The summed E-state index contributed by atoms with van der Waals surface area (Å²) in [5.41, 5.74) is 8.18. The molecule has 1 aromatic rings. The number of nitrogens with two attached hydrogens (primary N) is 1. The van der Waals surface area contributed by atoms with Crippen LogP contribution in [0.25, 0.3) is 0 Å². The molecule has 0 amide bonds. The zero-order valence-electron chi connectivity index (χ0n) is 10.6. The maximum absolute atomic E-state index is 6.05. The van der Waals surface area contributed by atoms with E-state index in [0.717, 1.165) is 35.3 Å². The van der Waals surface area contributed by atoms with Gasteiger partial charge in [0, 0.05) is 0 Å². The summed E-state index contributed by atoms with van der Waals surface area (Å²) in [4.78, 5) is 0. The summed E-state index contributed by atoms with van der Waals surface area (Å²) in [5, 5.41) is 0.697. The van der Waals surface area contributed by atoms with Crippen LogP contribution >= 0.6 is 11.6 Å². The third kappa shape index (κ3) is 1.60. The molecule has 0 aliphatic heterocycles. The number of rotatable bonds is 1. The third-order valence-electron chi connectivity index (χ3n) is 5.63. The lowest BCUT2D eigenvalue weighted by Crippen LogP contribution is -2.43. The lowest BCUT2D eigenvalue weighted by molar-refractivity contribution is -0.00275. The van der Waals surface area contributed by atoms with Gasteiger partial charge in [-0.25, -0.2) is 0 Å². The van der Waals surface area contributed by atoms with Gasteiger partial charge in [0.05, 0.1) is 10.7 Å². The Morgan fingerprint density at radius 2 is 1.56 bits per heavy atom. The average Bonchev–Trinajstić information content (AvgIpc) is 2.32. The first kappa shape index (κ1) is 11.2. The van der Waals surface area contributed by atoms with E-state index in [0.29, 0.717) is 5.02 Å². The van der Waals surface area contributed by atoms with Crippen LogP contribution in [0.5, 0.6) is 0 Å². The Kier molecular flexibility index (Phi) is 2.42. The van der Waals surface area contributed by atoms with Crippen molar-refractivity contribution < 1.29 is 0 Å². The van der Waals surface area contributed by atoms with E-state index >= 15 is 0 Å². The molecule has 4 fully saturated rings. The monoisotopic (exact) mass is 261 g/mol. The minimum Gasteiger partial charge on any atom is -0.398 e. The molecule has 2 heteroatoms. The van der Waals surface area contributed by atoms with Gasteiger partial charge in [0.2, 0.25) is 0 Å². The van der Waals surface area contributed by atoms with Crippen LogP contribution in [0.2, 0.25) is 5.02 Å². The van der Waals surface area contributed by atoms with Gasteiger partial charge < -0.3 is 5.73 Å². The summed E-state index contributed by atoms with van der Waals surface area (Å²) in [6.07, 6.45) is 7.35. The lowest BCUT2D eigenvalue weighted by atomic mass is 9.51. The standard InChI is InChI=1S/C16H20ClN/c17-14-2-1-11(8-15(14)18)16-12-4-9-3-10(6-12)7-13(16)5-9/h1-2,8-10,12-13,16H,3-7,18H2. The van der Waals surface area contributed by atoms with E-state index in [4.69, 9.17) is 17.3 Å². The summed E-state index contributed by atoms with van der Waals surface area (Å²) in [6.45, 7) is 0. The number of benzene rings is 1. The second kappa shape index (κ2) is 3.90. The zero-order valence-corrected chi connectivity index (χ0v) is 11.4. The average molecular weight is 262 g/mol. The van der Waals surface area contributed by atoms with E-state index in [1.807, 2.05) is 6.07 Å². The Labute approximate surface area is 114 Å². The molecule has 0 radical (unpaired) electrons. The molecule has 0 atom stereocenters. The molecule has 2 N–H and O–H groups in total. The largest absolute Gasteiger partial charge is 0.398 e. The van der Waals surface area contributed by atoms with E-state index in [2.05, 4.69) is 12.1 Å². The van der Waals surface area contributed by atoms with Crippen molar-refractivity contribution in [2.75, 3.05) is 5.73 Å². The van der Waals surface area contributed by atoms with Gasteiger partial charge in [-0.1, -0.05) is 17.7 Å². The minimum atomic E-state index is 0.697. The summed E-state index contributed by atoms with van der Waals surface area (Å²) < 4.78 is 0. The number of hydrogen-bond acceptors (Lipinski definition) is 1. The van der Waals surface area contributed by atoms with Crippen molar-refractivity contribution in [3.8, 4) is 0 Å². The predicted molar refractivity (Wildman–Crippen MR) is 75.7 cm³/mol. The summed E-state index contributed by atoms with van der Waals surface area (Å²) >= 11 is 6.05. The highest BCUT2D eigenvalue weighted by Crippen LogP contribution is 2.59. The molecular formula is C16H20ClN. The molecule has 4 bridgehead atoms. The van der Waals surface area contributed by atoms with Crippen LogP contribution in [-0.2, 0) is 0 Å². The molecule has 4 aliphatic carbocycles. The van der Waals surface area contributed by atoms with Crippen LogP contribution in [0.15, 0.2) is 18.2 Å². The Balaban J connectivity index is 1.70. The van der Waals surface area contributed by atoms with E-state index in [1.54, 1.807) is 0 Å². The smallest absolute Gasteiger partial charge is 0.0635 e. The van der Waals surface area contributed by atoms with Gasteiger partial charge in [0.25, 0.3) is 0 Å². The van der Waals surface area contributed by atoms with Gasteiger partial charge in [-0.05, 0) is 79.4 Å². The Morgan fingerprint density at radius 1 is 0.944 bits per heavy atom. The van der Waals surface area contributed by atoms with Crippen LogP contribution in [0.3, 0.4) is 0 Å². The first-order valence-corrected chi connectivity index (χ1v) is 7.63. The van der Waals surface area contributed by atoms with E-state index in [9.17, 15) is 0 Å². The molecule has 4 aliphatic rings. The quantitative estimate of drug-likeness (QED) is 0.742. The fourth-order valence-corrected chi connectivity index (χ4v) is 5.36. The summed E-state index contributed by atoms with van der Waals surface area (Å²) in [7, 11) is 0. The molecule has 1 nitrogen and oxygen atoms in total. The Hall–Kier alpha value is -0.690. The maximum atomic E-state index is 6.05. The van der Waals surface area contributed by atoms with Gasteiger partial charge >= 0.3 is 0 Å². The molecular weight excluding hydrogens is 242 g/mol.